The summed E-state index contributed by atoms with van der Waals surface area (Å²) in [4.78, 5) is 23.0. The maximum absolute atomic E-state index is 13.4. The summed E-state index contributed by atoms with van der Waals surface area (Å²) in [5.41, 5.74) is 2.25. The number of rotatable bonds is 2. The van der Waals surface area contributed by atoms with Crippen LogP contribution in [0, 0.1) is 11.6 Å². The van der Waals surface area contributed by atoms with Gasteiger partial charge in [-0.05, 0) is 25.0 Å². The second-order valence-electron chi connectivity index (χ2n) is 6.49. The number of piperidine rings is 1. The Labute approximate surface area is 148 Å². The van der Waals surface area contributed by atoms with Crippen molar-refractivity contribution in [2.75, 3.05) is 13.1 Å². The van der Waals surface area contributed by atoms with Gasteiger partial charge in [0.25, 0.3) is 5.91 Å². The largest absolute Gasteiger partial charge is 0.338 e. The summed E-state index contributed by atoms with van der Waals surface area (Å²) >= 11 is 0. The van der Waals surface area contributed by atoms with E-state index in [9.17, 15) is 13.6 Å². The van der Waals surface area contributed by atoms with Crippen molar-refractivity contribution in [2.24, 2.45) is 7.05 Å². The minimum absolute atomic E-state index is 0.00602. The normalized spacial score (nSPS) is 17.7. The molecule has 134 valence electrons. The fourth-order valence-electron chi connectivity index (χ4n) is 3.52. The predicted molar refractivity (Wildman–Crippen MR) is 90.5 cm³/mol. The second kappa shape index (κ2) is 6.44. The number of fused-ring (bicyclic) bond motifs is 1. The number of aryl methyl sites for hydroxylation is 1. The molecule has 1 atom stereocenters. The standard InChI is InChI=1S/C18H17F2N5O/c1-24-17-16(21-4-5-22-17)15(23-24)11-3-2-6-25(10-11)18(26)12-7-13(19)9-14(20)8-12/h4-5,7-9,11H,2-3,6,10H2,1H3/t11-/m0/s1. The molecule has 0 bridgehead atoms. The molecule has 26 heavy (non-hydrogen) atoms. The fraction of sp³-hybridized carbons (Fsp3) is 0.333. The fourth-order valence-corrected chi connectivity index (χ4v) is 3.52. The molecule has 0 N–H and O–H groups in total. The van der Waals surface area contributed by atoms with Gasteiger partial charge in [-0.2, -0.15) is 5.10 Å². The van der Waals surface area contributed by atoms with Crippen LogP contribution in [0.4, 0.5) is 8.78 Å². The Hall–Kier alpha value is -2.90. The predicted octanol–water partition coefficient (Wildman–Crippen LogP) is 2.66. The summed E-state index contributed by atoms with van der Waals surface area (Å²) < 4.78 is 28.6. The van der Waals surface area contributed by atoms with Gasteiger partial charge >= 0.3 is 0 Å². The summed E-state index contributed by atoms with van der Waals surface area (Å²) in [6, 6.07) is 2.89. The molecule has 2 aromatic heterocycles. The maximum atomic E-state index is 13.4. The van der Waals surface area contributed by atoms with Crippen molar-refractivity contribution in [1.29, 1.82) is 0 Å². The lowest BCUT2D eigenvalue weighted by atomic mass is 9.93. The van der Waals surface area contributed by atoms with E-state index in [-0.39, 0.29) is 17.4 Å². The van der Waals surface area contributed by atoms with Crippen LogP contribution in [0.25, 0.3) is 11.2 Å². The van der Waals surface area contributed by atoms with E-state index in [0.29, 0.717) is 18.7 Å². The Morgan fingerprint density at radius 1 is 1.15 bits per heavy atom. The first-order valence-corrected chi connectivity index (χ1v) is 8.42. The summed E-state index contributed by atoms with van der Waals surface area (Å²) in [6.07, 6.45) is 4.88. The topological polar surface area (TPSA) is 63.9 Å². The molecule has 1 aliphatic heterocycles. The van der Waals surface area contributed by atoms with Gasteiger partial charge < -0.3 is 4.90 Å². The van der Waals surface area contributed by atoms with Crippen molar-refractivity contribution >= 4 is 17.1 Å². The van der Waals surface area contributed by atoms with Crippen molar-refractivity contribution in [3.05, 3.63) is 53.5 Å². The summed E-state index contributed by atoms with van der Waals surface area (Å²) in [5.74, 6) is -1.88. The lowest BCUT2D eigenvalue weighted by Gasteiger charge is -2.32. The molecule has 4 rings (SSSR count). The third-order valence-corrected chi connectivity index (χ3v) is 4.69. The number of hydrogen-bond acceptors (Lipinski definition) is 4. The van der Waals surface area contributed by atoms with Crippen LogP contribution in [-0.2, 0) is 7.05 Å². The van der Waals surface area contributed by atoms with Gasteiger partial charge in [-0.1, -0.05) is 0 Å². The Morgan fingerprint density at radius 3 is 2.65 bits per heavy atom. The van der Waals surface area contributed by atoms with E-state index >= 15 is 0 Å². The Kier molecular flexibility index (Phi) is 4.10. The molecule has 0 unspecified atom stereocenters. The molecular formula is C18H17F2N5O. The van der Waals surface area contributed by atoms with Gasteiger partial charge in [-0.3, -0.25) is 4.79 Å². The van der Waals surface area contributed by atoms with E-state index in [0.717, 1.165) is 42.3 Å². The van der Waals surface area contributed by atoms with Crippen LogP contribution in [0.2, 0.25) is 0 Å². The highest BCUT2D eigenvalue weighted by atomic mass is 19.1. The van der Waals surface area contributed by atoms with Crippen molar-refractivity contribution in [2.45, 2.75) is 18.8 Å². The number of likely N-dealkylation sites (tertiary alicyclic amines) is 1. The number of hydrogen-bond donors (Lipinski definition) is 0. The molecule has 1 aliphatic rings. The van der Waals surface area contributed by atoms with Gasteiger partial charge in [0.2, 0.25) is 0 Å². The van der Waals surface area contributed by atoms with Crippen LogP contribution >= 0.6 is 0 Å². The highest BCUT2D eigenvalue weighted by Gasteiger charge is 2.29. The van der Waals surface area contributed by atoms with Crippen molar-refractivity contribution in [3.63, 3.8) is 0 Å². The Balaban J connectivity index is 1.62. The number of nitrogens with zero attached hydrogens (tertiary/aromatic N) is 5. The molecule has 1 saturated heterocycles. The summed E-state index contributed by atoms with van der Waals surface area (Å²) in [7, 11) is 1.81. The Bertz CT molecular complexity index is 967. The summed E-state index contributed by atoms with van der Waals surface area (Å²) in [6.45, 7) is 0.976. The lowest BCUT2D eigenvalue weighted by molar-refractivity contribution is 0.0705. The molecule has 1 amide bonds. The molecule has 6 nitrogen and oxygen atoms in total. The van der Waals surface area contributed by atoms with Gasteiger partial charge in [0.15, 0.2) is 5.65 Å². The van der Waals surface area contributed by atoms with E-state index in [1.807, 2.05) is 7.05 Å². The molecule has 8 heteroatoms. The van der Waals surface area contributed by atoms with Crippen LogP contribution in [0.5, 0.6) is 0 Å². The minimum Gasteiger partial charge on any atom is -0.338 e. The third kappa shape index (κ3) is 2.91. The van der Waals surface area contributed by atoms with Crippen molar-refractivity contribution in [3.8, 4) is 0 Å². The van der Waals surface area contributed by atoms with Crippen molar-refractivity contribution < 1.29 is 13.6 Å². The number of benzene rings is 1. The lowest BCUT2D eigenvalue weighted by Crippen LogP contribution is -2.39. The van der Waals surface area contributed by atoms with Gasteiger partial charge in [0.05, 0.1) is 5.69 Å². The molecule has 0 radical (unpaired) electrons. The van der Waals surface area contributed by atoms with Crippen molar-refractivity contribution in [1.82, 2.24) is 24.6 Å². The van der Waals surface area contributed by atoms with Gasteiger partial charge in [-0.15, -0.1) is 0 Å². The zero-order valence-corrected chi connectivity index (χ0v) is 14.2. The monoisotopic (exact) mass is 357 g/mol. The SMILES string of the molecule is Cn1nc([C@H]2CCCN(C(=O)c3cc(F)cc(F)c3)C2)c2nccnc21. The van der Waals surface area contributed by atoms with Crippen LogP contribution in [0.1, 0.15) is 34.8 Å². The first kappa shape index (κ1) is 16.6. The van der Waals surface area contributed by atoms with E-state index in [1.54, 1.807) is 22.0 Å². The molecule has 0 saturated carbocycles. The number of halogens is 2. The maximum Gasteiger partial charge on any atom is 0.254 e. The van der Waals surface area contributed by atoms with Gasteiger partial charge in [0.1, 0.15) is 17.2 Å². The zero-order valence-electron chi connectivity index (χ0n) is 14.2. The van der Waals surface area contributed by atoms with E-state index in [2.05, 4.69) is 15.1 Å². The van der Waals surface area contributed by atoms with E-state index in [1.165, 1.54) is 0 Å². The van der Waals surface area contributed by atoms with Crippen LogP contribution in [-0.4, -0.2) is 43.6 Å². The molecule has 3 aromatic rings. The number of carbonyl (C=O) groups excluding carboxylic acids is 1. The highest BCUT2D eigenvalue weighted by Crippen LogP contribution is 2.30. The average molecular weight is 357 g/mol. The van der Waals surface area contributed by atoms with E-state index in [4.69, 9.17) is 0 Å². The molecular weight excluding hydrogens is 340 g/mol. The molecule has 1 fully saturated rings. The molecule has 1 aromatic carbocycles. The van der Waals surface area contributed by atoms with Crippen LogP contribution in [0.3, 0.4) is 0 Å². The number of carbonyl (C=O) groups is 1. The smallest absolute Gasteiger partial charge is 0.254 e. The number of amides is 1. The minimum atomic E-state index is -0.757. The quantitative estimate of drug-likeness (QED) is 0.707. The Morgan fingerprint density at radius 2 is 1.88 bits per heavy atom. The van der Waals surface area contributed by atoms with Crippen LogP contribution in [0.15, 0.2) is 30.6 Å². The van der Waals surface area contributed by atoms with Gasteiger partial charge in [-0.25, -0.2) is 23.4 Å². The highest BCUT2D eigenvalue weighted by molar-refractivity contribution is 5.94. The van der Waals surface area contributed by atoms with Crippen LogP contribution < -0.4 is 0 Å². The molecule has 0 spiro atoms. The third-order valence-electron chi connectivity index (χ3n) is 4.69. The van der Waals surface area contributed by atoms with Gasteiger partial charge in [0, 0.05) is 50.1 Å². The molecule has 3 heterocycles. The van der Waals surface area contributed by atoms with E-state index < -0.39 is 11.6 Å². The number of aromatic nitrogens is 4. The first-order chi connectivity index (χ1) is 12.5. The second-order valence-corrected chi connectivity index (χ2v) is 6.49. The average Bonchev–Trinajstić information content (AvgIpc) is 2.98. The molecule has 0 aliphatic carbocycles. The zero-order chi connectivity index (χ0) is 18.3. The summed E-state index contributed by atoms with van der Waals surface area (Å²) in [5, 5.41) is 4.54. The first-order valence-electron chi connectivity index (χ1n) is 8.42.